The summed E-state index contributed by atoms with van der Waals surface area (Å²) in [7, 11) is 1.63. The van der Waals surface area contributed by atoms with Crippen molar-refractivity contribution in [3.8, 4) is 5.75 Å². The molecule has 0 fully saturated rings. The van der Waals surface area contributed by atoms with Gasteiger partial charge >= 0.3 is 6.01 Å². The number of nitrogens with one attached hydrogen (secondary N) is 2. The SMILES string of the molecule is CCCNCc1nnc(Nc2cc(C)ccc2OC)o1. The first-order valence-electron chi connectivity index (χ1n) is 6.67. The number of benzene rings is 1. The number of anilines is 2. The molecule has 2 N–H and O–H groups in total. The zero-order valence-corrected chi connectivity index (χ0v) is 12.1. The van der Waals surface area contributed by atoms with E-state index in [1.807, 2.05) is 25.1 Å². The van der Waals surface area contributed by atoms with Crippen molar-refractivity contribution in [1.82, 2.24) is 15.5 Å². The zero-order chi connectivity index (χ0) is 14.4. The van der Waals surface area contributed by atoms with Gasteiger partial charge in [0.15, 0.2) is 0 Å². The molecule has 0 saturated heterocycles. The molecule has 1 aromatic heterocycles. The Morgan fingerprint density at radius 3 is 2.90 bits per heavy atom. The van der Waals surface area contributed by atoms with Crippen molar-refractivity contribution in [2.24, 2.45) is 0 Å². The third-order valence-electron chi connectivity index (χ3n) is 2.77. The lowest BCUT2D eigenvalue weighted by atomic mass is 10.2. The number of methoxy groups -OCH3 is 1. The Hall–Kier alpha value is -2.08. The highest BCUT2D eigenvalue weighted by Crippen LogP contribution is 2.27. The van der Waals surface area contributed by atoms with Crippen LogP contribution in [-0.4, -0.2) is 23.9 Å². The quantitative estimate of drug-likeness (QED) is 0.757. The van der Waals surface area contributed by atoms with Crippen molar-refractivity contribution in [3.05, 3.63) is 29.7 Å². The summed E-state index contributed by atoms with van der Waals surface area (Å²) in [5, 5.41) is 14.2. The van der Waals surface area contributed by atoms with Crippen LogP contribution in [0, 0.1) is 6.92 Å². The molecule has 0 aliphatic rings. The predicted octanol–water partition coefficient (Wildman–Crippen LogP) is 2.63. The summed E-state index contributed by atoms with van der Waals surface area (Å²) in [4.78, 5) is 0. The summed E-state index contributed by atoms with van der Waals surface area (Å²) in [6.45, 7) is 5.63. The number of aryl methyl sites for hydroxylation is 1. The van der Waals surface area contributed by atoms with E-state index in [1.165, 1.54) is 0 Å². The minimum atomic E-state index is 0.363. The molecular weight excluding hydrogens is 256 g/mol. The molecule has 0 saturated carbocycles. The smallest absolute Gasteiger partial charge is 0.320 e. The van der Waals surface area contributed by atoms with Crippen LogP contribution in [0.1, 0.15) is 24.8 Å². The summed E-state index contributed by atoms with van der Waals surface area (Å²) in [6.07, 6.45) is 1.07. The lowest BCUT2D eigenvalue weighted by Crippen LogP contribution is -2.13. The summed E-state index contributed by atoms with van der Waals surface area (Å²) in [5.74, 6) is 1.30. The summed E-state index contributed by atoms with van der Waals surface area (Å²) < 4.78 is 10.8. The molecule has 0 unspecified atom stereocenters. The first-order chi connectivity index (χ1) is 9.72. The number of nitrogens with zero attached hydrogens (tertiary/aromatic N) is 2. The van der Waals surface area contributed by atoms with Gasteiger partial charge in [-0.3, -0.25) is 0 Å². The molecule has 0 aliphatic heterocycles. The fourth-order valence-electron chi connectivity index (χ4n) is 1.78. The molecule has 0 atom stereocenters. The Morgan fingerprint density at radius 2 is 2.15 bits per heavy atom. The van der Waals surface area contributed by atoms with E-state index in [-0.39, 0.29) is 0 Å². The maximum atomic E-state index is 5.52. The van der Waals surface area contributed by atoms with E-state index in [9.17, 15) is 0 Å². The second-order valence-corrected chi connectivity index (χ2v) is 4.51. The maximum Gasteiger partial charge on any atom is 0.320 e. The van der Waals surface area contributed by atoms with Crippen LogP contribution in [0.3, 0.4) is 0 Å². The van der Waals surface area contributed by atoms with Gasteiger partial charge in [-0.1, -0.05) is 18.1 Å². The highest BCUT2D eigenvalue weighted by Gasteiger charge is 2.09. The zero-order valence-electron chi connectivity index (χ0n) is 12.1. The van der Waals surface area contributed by atoms with Crippen LogP contribution in [0.5, 0.6) is 5.75 Å². The summed E-state index contributed by atoms with van der Waals surface area (Å²) >= 11 is 0. The van der Waals surface area contributed by atoms with Crippen molar-refractivity contribution < 1.29 is 9.15 Å². The Bertz CT molecular complexity index is 554. The van der Waals surface area contributed by atoms with Crippen LogP contribution in [0.25, 0.3) is 0 Å². The Balaban J connectivity index is 2.04. The minimum Gasteiger partial charge on any atom is -0.495 e. The first kappa shape index (κ1) is 14.3. The van der Waals surface area contributed by atoms with Crippen molar-refractivity contribution in [2.45, 2.75) is 26.8 Å². The number of hydrogen-bond donors (Lipinski definition) is 2. The molecule has 0 radical (unpaired) electrons. The van der Waals surface area contributed by atoms with Gasteiger partial charge in [-0.25, -0.2) is 0 Å². The van der Waals surface area contributed by atoms with Crippen LogP contribution in [0.2, 0.25) is 0 Å². The van der Waals surface area contributed by atoms with Crippen LogP contribution in [0.15, 0.2) is 22.6 Å². The average Bonchev–Trinajstić information content (AvgIpc) is 2.87. The van der Waals surface area contributed by atoms with E-state index in [4.69, 9.17) is 9.15 Å². The molecular formula is C14H20N4O2. The number of rotatable bonds is 7. The Morgan fingerprint density at radius 1 is 1.30 bits per heavy atom. The van der Waals surface area contributed by atoms with Gasteiger partial charge in [-0.05, 0) is 37.6 Å². The van der Waals surface area contributed by atoms with E-state index in [0.29, 0.717) is 18.5 Å². The molecule has 0 bridgehead atoms. The Labute approximate surface area is 118 Å². The van der Waals surface area contributed by atoms with Crippen LogP contribution < -0.4 is 15.4 Å². The lowest BCUT2D eigenvalue weighted by Gasteiger charge is -2.08. The molecule has 2 aromatic rings. The second-order valence-electron chi connectivity index (χ2n) is 4.51. The normalized spacial score (nSPS) is 10.6. The van der Waals surface area contributed by atoms with Crippen molar-refractivity contribution >= 4 is 11.7 Å². The van der Waals surface area contributed by atoms with Crippen LogP contribution >= 0.6 is 0 Å². The van der Waals surface area contributed by atoms with E-state index in [2.05, 4.69) is 27.8 Å². The van der Waals surface area contributed by atoms with Crippen molar-refractivity contribution in [2.75, 3.05) is 19.0 Å². The first-order valence-corrected chi connectivity index (χ1v) is 6.67. The molecule has 2 rings (SSSR count). The largest absolute Gasteiger partial charge is 0.495 e. The fraction of sp³-hybridized carbons (Fsp3) is 0.429. The number of aromatic nitrogens is 2. The third kappa shape index (κ3) is 3.71. The van der Waals surface area contributed by atoms with Gasteiger partial charge in [0.2, 0.25) is 5.89 Å². The topological polar surface area (TPSA) is 72.2 Å². The van der Waals surface area contributed by atoms with Crippen LogP contribution in [0.4, 0.5) is 11.7 Å². The van der Waals surface area contributed by atoms with Crippen molar-refractivity contribution in [3.63, 3.8) is 0 Å². The maximum absolute atomic E-state index is 5.52. The molecule has 6 heteroatoms. The van der Waals surface area contributed by atoms with E-state index in [0.717, 1.165) is 30.0 Å². The highest BCUT2D eigenvalue weighted by atomic mass is 16.5. The van der Waals surface area contributed by atoms with E-state index < -0.39 is 0 Å². The summed E-state index contributed by atoms with van der Waals surface area (Å²) in [5.41, 5.74) is 1.93. The summed E-state index contributed by atoms with van der Waals surface area (Å²) in [6, 6.07) is 6.22. The molecule has 0 aliphatic carbocycles. The molecule has 6 nitrogen and oxygen atoms in total. The average molecular weight is 276 g/mol. The van der Waals surface area contributed by atoms with Crippen molar-refractivity contribution in [1.29, 1.82) is 0 Å². The van der Waals surface area contributed by atoms with Gasteiger partial charge < -0.3 is 19.8 Å². The van der Waals surface area contributed by atoms with E-state index >= 15 is 0 Å². The minimum absolute atomic E-state index is 0.363. The van der Waals surface area contributed by atoms with Gasteiger partial charge in [0.25, 0.3) is 0 Å². The fourth-order valence-corrected chi connectivity index (χ4v) is 1.78. The lowest BCUT2D eigenvalue weighted by molar-refractivity contribution is 0.416. The van der Waals surface area contributed by atoms with Gasteiger partial charge in [0.05, 0.1) is 19.3 Å². The van der Waals surface area contributed by atoms with Gasteiger partial charge in [0, 0.05) is 0 Å². The molecule has 1 aromatic carbocycles. The Kier molecular flexibility index (Phi) is 4.95. The van der Waals surface area contributed by atoms with Crippen LogP contribution in [-0.2, 0) is 6.54 Å². The molecule has 0 spiro atoms. The monoisotopic (exact) mass is 276 g/mol. The molecule has 20 heavy (non-hydrogen) atoms. The number of ether oxygens (including phenoxy) is 1. The standard InChI is InChI=1S/C14H20N4O2/c1-4-7-15-9-13-17-18-14(20-13)16-11-8-10(2)5-6-12(11)19-3/h5-6,8,15H,4,7,9H2,1-3H3,(H,16,18). The highest BCUT2D eigenvalue weighted by molar-refractivity contribution is 5.62. The molecule has 0 amide bonds. The molecule has 1 heterocycles. The van der Waals surface area contributed by atoms with Gasteiger partial charge in [0.1, 0.15) is 5.75 Å². The second kappa shape index (κ2) is 6.91. The van der Waals surface area contributed by atoms with Gasteiger partial charge in [-0.15, -0.1) is 5.10 Å². The van der Waals surface area contributed by atoms with E-state index in [1.54, 1.807) is 7.11 Å². The third-order valence-corrected chi connectivity index (χ3v) is 2.77. The number of hydrogen-bond acceptors (Lipinski definition) is 6. The molecule has 108 valence electrons. The van der Waals surface area contributed by atoms with Gasteiger partial charge in [-0.2, -0.15) is 0 Å². The predicted molar refractivity (Wildman–Crippen MR) is 77.3 cm³/mol.